The molecule has 1 rings (SSSR count). The monoisotopic (exact) mass is 1590 g/mol. The van der Waals surface area contributed by atoms with Crippen LogP contribution in [0.5, 0.6) is 0 Å². The van der Waals surface area contributed by atoms with Gasteiger partial charge in [0, 0.05) is 146 Å². The predicted octanol–water partition coefficient (Wildman–Crippen LogP) is -1.08. The van der Waals surface area contributed by atoms with Crippen LogP contribution in [-0.4, -0.2) is 248 Å². The molecular weight excluding hydrogens is 1480 g/mol. The molecule has 0 spiro atoms. The predicted molar refractivity (Wildman–Crippen MR) is 400 cm³/mol. The number of likely N-dealkylation sites (tertiary alicyclic amines) is 1. The van der Waals surface area contributed by atoms with Crippen molar-refractivity contribution in [3.8, 4) is 0 Å². The molecule has 20 N–H and O–H groups in total. The van der Waals surface area contributed by atoms with Crippen molar-refractivity contribution < 1.29 is 121 Å². The molecule has 0 aromatic carbocycles. The molecule has 8 amide bonds. The summed E-state index contributed by atoms with van der Waals surface area (Å²) in [6.07, 6.45) is -5.44. The van der Waals surface area contributed by atoms with E-state index in [9.17, 15) is 117 Å². The van der Waals surface area contributed by atoms with E-state index in [2.05, 4.69) is 47.2 Å². The number of hydrogen-bond donors (Lipinski definition) is 16. The molecule has 624 valence electrons. The van der Waals surface area contributed by atoms with Crippen LogP contribution in [0.2, 0.25) is 0 Å². The minimum atomic E-state index is -1.76. The average molecular weight is 1600 g/mol. The number of aliphatic imine (C=N–C) groups is 2. The number of nitrogens with two attached hydrogens (primary N) is 4. The molecule has 0 unspecified atom stereocenters. The van der Waals surface area contributed by atoms with Crippen molar-refractivity contribution in [3.05, 3.63) is 0 Å². The average Bonchev–Trinajstić information content (AvgIpc) is 1.76. The fourth-order valence-corrected chi connectivity index (χ4v) is 12.5. The number of nitrogens with zero attached hydrogens (tertiary/aromatic N) is 3. The van der Waals surface area contributed by atoms with E-state index in [-0.39, 0.29) is 107 Å². The first-order valence-electron chi connectivity index (χ1n) is 36.9. The number of carbonyl (C=O) groups is 19. The van der Waals surface area contributed by atoms with Gasteiger partial charge >= 0.3 is 29.8 Å². The standard InChI is InChI=1S/C71H114N14O25S/c1-39(2)31-50(54(89)20-21-58(93)81-51(38-111-6)55(90)32-40(3)65(105)78-36-46(87)33-43(12-8-28-77-71(74)75)66(106)79-41(4)11-7-27-76-70(72)73)84-69(109)52-13-9-29-85(52)59(94)37-110-30-10-14-53(88)47(17-24-62(99)100)82-67(107)45(16-23-61(97)98)35-57(92)49(19-26-64(103)104)83-68(108)44(15-22-60(95)96)34-56(91)48(80-42(5)86)18-25-63(101)102/h39-41,43-45,47-52H,7-38H2,1-6H3,(H,78,105)(H,79,106)(H,80,86)(H,81,93)(H,82,107)(H,83,108)(H,84,109)(H,95,96)(H,97,98)(H,99,100)(H,101,102)(H,103,104)(H4,72,73,76)(H4,74,75,77)/t40-,41+,43+,44+,45+,47-,48-,49-,50+,51+,52+/m1/s1. The Hall–Kier alpha value is -10.0. The summed E-state index contributed by atoms with van der Waals surface area (Å²) in [5, 5.41) is 65.0. The van der Waals surface area contributed by atoms with Crippen LogP contribution >= 0.6 is 11.8 Å². The Balaban J connectivity index is 3.07. The number of nitrogens with one attached hydrogen (secondary N) is 7. The smallest absolute Gasteiger partial charge is 0.303 e. The molecule has 1 saturated heterocycles. The SMILES string of the molecule is CSC[C@H](NC(=O)CCC(=O)[C@H](CC(C)C)NC(=O)[C@@H]1CCCN1C(=O)COCCCC(=O)[C@@H](CCC(=O)O)NC(=O)[C@@H](CCC(=O)O)CC(=O)[C@@H](CCC(=O)O)NC(=O)[C@@H](CCC(=O)O)CC(=O)[C@@H](CCC(=O)O)NC(C)=O)C(=O)C[C@@H](C)C(=O)NCC(=O)C[C@H](CCCN=C(N)N)C(=O)N[C@@H](C)CCCN=C(N)N. The van der Waals surface area contributed by atoms with Crippen LogP contribution in [0.15, 0.2) is 9.98 Å². The molecule has 1 heterocycles. The number of carboxylic acids is 5. The number of hydrogen-bond acceptors (Lipinski definition) is 23. The van der Waals surface area contributed by atoms with Gasteiger partial charge in [0.25, 0.3) is 0 Å². The fourth-order valence-electron chi connectivity index (χ4n) is 11.9. The van der Waals surface area contributed by atoms with Crippen molar-refractivity contribution in [2.45, 2.75) is 237 Å². The molecule has 0 aliphatic carbocycles. The molecule has 0 bridgehead atoms. The zero-order valence-corrected chi connectivity index (χ0v) is 64.8. The molecule has 40 heteroatoms. The van der Waals surface area contributed by atoms with Crippen LogP contribution in [0, 0.1) is 29.6 Å². The van der Waals surface area contributed by atoms with Crippen molar-refractivity contribution >= 4 is 135 Å². The molecule has 1 aliphatic rings. The van der Waals surface area contributed by atoms with E-state index in [1.807, 2.05) is 0 Å². The van der Waals surface area contributed by atoms with Gasteiger partial charge in [0.1, 0.15) is 12.6 Å². The summed E-state index contributed by atoms with van der Waals surface area (Å²) >= 11 is 1.24. The number of rotatable bonds is 62. The van der Waals surface area contributed by atoms with E-state index in [0.717, 1.165) is 6.92 Å². The highest BCUT2D eigenvalue weighted by Crippen LogP contribution is 2.23. The fraction of sp³-hybridized carbons (Fsp3) is 0.704. The number of Topliss-reactive ketones (excluding diaryl/α,β-unsaturated/α-hetero) is 6. The number of guanidine groups is 2. The number of ketones is 6. The number of carboxylic acid groups (broad SMARTS) is 5. The van der Waals surface area contributed by atoms with Gasteiger partial charge < -0.3 is 95.3 Å². The Morgan fingerprint density at radius 3 is 1.43 bits per heavy atom. The third-order valence-corrected chi connectivity index (χ3v) is 18.5. The highest BCUT2D eigenvalue weighted by Gasteiger charge is 2.38. The number of amides is 8. The lowest BCUT2D eigenvalue weighted by molar-refractivity contribution is -0.142. The van der Waals surface area contributed by atoms with Gasteiger partial charge in [-0.2, -0.15) is 11.8 Å². The van der Waals surface area contributed by atoms with Gasteiger partial charge in [0.05, 0.1) is 36.8 Å². The maximum absolute atomic E-state index is 14.0. The van der Waals surface area contributed by atoms with Crippen LogP contribution in [0.25, 0.3) is 0 Å². The van der Waals surface area contributed by atoms with Crippen molar-refractivity contribution in [2.24, 2.45) is 62.5 Å². The largest absolute Gasteiger partial charge is 0.481 e. The number of thioether (sulfide) groups is 1. The zero-order valence-electron chi connectivity index (χ0n) is 64.0. The first-order valence-corrected chi connectivity index (χ1v) is 38.3. The molecule has 11 atom stereocenters. The summed E-state index contributed by atoms with van der Waals surface area (Å²) in [4.78, 5) is 256. The molecule has 1 fully saturated rings. The van der Waals surface area contributed by atoms with Gasteiger partial charge in [-0.3, -0.25) is 101 Å². The van der Waals surface area contributed by atoms with Crippen molar-refractivity contribution in [3.63, 3.8) is 0 Å². The number of carbonyl (C=O) groups excluding carboxylic acids is 14. The molecule has 0 radical (unpaired) electrons. The normalized spacial score (nSPS) is 15.1. The minimum Gasteiger partial charge on any atom is -0.481 e. The minimum absolute atomic E-state index is 0.0549. The van der Waals surface area contributed by atoms with Crippen molar-refractivity contribution in [2.75, 3.05) is 51.4 Å². The van der Waals surface area contributed by atoms with Crippen LogP contribution < -0.4 is 60.2 Å². The highest BCUT2D eigenvalue weighted by molar-refractivity contribution is 7.98. The molecule has 0 aromatic heterocycles. The Labute approximate surface area is 647 Å². The third kappa shape index (κ3) is 43.8. The van der Waals surface area contributed by atoms with E-state index >= 15 is 0 Å². The maximum atomic E-state index is 14.0. The zero-order chi connectivity index (χ0) is 84.0. The first-order chi connectivity index (χ1) is 52.1. The summed E-state index contributed by atoms with van der Waals surface area (Å²) in [6, 6.07) is -8.24. The Morgan fingerprint density at radius 2 is 0.946 bits per heavy atom. The summed E-state index contributed by atoms with van der Waals surface area (Å²) in [5.41, 5.74) is 21.6. The van der Waals surface area contributed by atoms with E-state index in [1.54, 1.807) is 27.0 Å². The summed E-state index contributed by atoms with van der Waals surface area (Å²) in [5.74, 6) is -22.2. The van der Waals surface area contributed by atoms with Gasteiger partial charge in [-0.25, -0.2) is 0 Å². The van der Waals surface area contributed by atoms with Crippen LogP contribution in [0.4, 0.5) is 0 Å². The van der Waals surface area contributed by atoms with Crippen LogP contribution in [0.1, 0.15) is 195 Å². The lowest BCUT2D eigenvalue weighted by atomic mass is 9.89. The molecular formula is C71H114N14O25S. The van der Waals surface area contributed by atoms with Gasteiger partial charge in [-0.05, 0) is 103 Å². The Morgan fingerprint density at radius 1 is 0.486 bits per heavy atom. The number of aliphatic carboxylic acids is 5. The Kier molecular flexibility index (Phi) is 47.9. The van der Waals surface area contributed by atoms with E-state index in [4.69, 9.17) is 27.7 Å². The van der Waals surface area contributed by atoms with Crippen molar-refractivity contribution in [1.29, 1.82) is 0 Å². The lowest BCUT2D eigenvalue weighted by Crippen LogP contribution is -2.52. The van der Waals surface area contributed by atoms with Crippen LogP contribution in [0.3, 0.4) is 0 Å². The summed E-state index contributed by atoms with van der Waals surface area (Å²) in [7, 11) is 0. The highest BCUT2D eigenvalue weighted by atomic mass is 32.2. The first kappa shape index (κ1) is 99.0. The number of ether oxygens (including phenoxy) is 1. The second-order valence-electron chi connectivity index (χ2n) is 27.9. The lowest BCUT2D eigenvalue weighted by Gasteiger charge is -2.27. The molecule has 0 aromatic rings. The molecule has 39 nitrogen and oxygen atoms in total. The summed E-state index contributed by atoms with van der Waals surface area (Å²) in [6.45, 7) is 7.32. The molecule has 0 saturated carbocycles. The Bertz CT molecular complexity index is 3290. The van der Waals surface area contributed by atoms with Crippen LogP contribution in [-0.2, 0) is 95.8 Å². The second-order valence-corrected chi connectivity index (χ2v) is 28.8. The molecule has 1 aliphatic heterocycles. The quantitative estimate of drug-likeness (QED) is 0.0196. The van der Waals surface area contributed by atoms with E-state index in [0.29, 0.717) is 32.2 Å². The third-order valence-electron chi connectivity index (χ3n) is 17.8. The maximum Gasteiger partial charge on any atom is 0.303 e. The van der Waals surface area contributed by atoms with Gasteiger partial charge in [-0.1, -0.05) is 20.8 Å². The van der Waals surface area contributed by atoms with E-state index < -0.39 is 262 Å². The van der Waals surface area contributed by atoms with Crippen molar-refractivity contribution in [1.82, 2.24) is 42.1 Å². The second kappa shape index (κ2) is 53.8. The van der Waals surface area contributed by atoms with E-state index in [1.165, 1.54) is 23.6 Å². The van der Waals surface area contributed by atoms with Gasteiger partial charge in [0.15, 0.2) is 46.6 Å². The van der Waals surface area contributed by atoms with Gasteiger partial charge in [0.2, 0.25) is 47.3 Å². The topological polar surface area (TPSA) is 651 Å². The van der Waals surface area contributed by atoms with Gasteiger partial charge in [-0.15, -0.1) is 0 Å². The summed E-state index contributed by atoms with van der Waals surface area (Å²) < 4.78 is 5.59. The molecule has 111 heavy (non-hydrogen) atoms.